The van der Waals surface area contributed by atoms with E-state index in [2.05, 4.69) is 10.5 Å². The fourth-order valence-corrected chi connectivity index (χ4v) is 2.32. The first kappa shape index (κ1) is 15.7. The lowest BCUT2D eigenvalue weighted by molar-refractivity contribution is -0.116. The summed E-state index contributed by atoms with van der Waals surface area (Å²) in [6.07, 6.45) is 0.540. The molecule has 2 aromatic carbocycles. The van der Waals surface area contributed by atoms with Crippen LogP contribution in [0.25, 0.3) is 11.1 Å². The van der Waals surface area contributed by atoms with Crippen LogP contribution < -0.4 is 10.9 Å². The van der Waals surface area contributed by atoms with Crippen LogP contribution >= 0.6 is 0 Å². The molecule has 0 bridgehead atoms. The molecule has 3 aromatic rings. The molecule has 0 unspecified atom stereocenters. The second-order valence-corrected chi connectivity index (χ2v) is 5.31. The molecule has 3 rings (SSSR count). The van der Waals surface area contributed by atoms with Gasteiger partial charge in [0, 0.05) is 24.6 Å². The summed E-state index contributed by atoms with van der Waals surface area (Å²) in [6, 6.07) is 14.8. The molecule has 1 heterocycles. The van der Waals surface area contributed by atoms with E-state index in [1.54, 1.807) is 18.2 Å². The molecule has 0 atom stereocenters. The molecule has 0 aliphatic carbocycles. The molecule has 0 fully saturated rings. The number of aromatic nitrogens is 1. The third-order valence-electron chi connectivity index (χ3n) is 3.50. The lowest BCUT2D eigenvalue weighted by Gasteiger charge is -2.06. The van der Waals surface area contributed by atoms with E-state index in [1.807, 2.05) is 18.2 Å². The monoisotopic (exact) mass is 326 g/mol. The Morgan fingerprint density at radius 1 is 1.08 bits per heavy atom. The van der Waals surface area contributed by atoms with Crippen LogP contribution in [0.5, 0.6) is 0 Å². The molecule has 5 nitrogen and oxygen atoms in total. The number of benzene rings is 2. The summed E-state index contributed by atoms with van der Waals surface area (Å²) in [5, 5.41) is 4.94. The standard InChI is InChI=1S/C18H15FN2O3/c19-14-3-1-2-13(10-14)12-4-6-15(7-5-12)20-17(22)9-8-16-11-18(23)21-24-16/h1-7,10-11H,8-9H2,(H,20,22)(H,21,23). The molecule has 2 N–H and O–H groups in total. The van der Waals surface area contributed by atoms with Gasteiger partial charge in [-0.25, -0.2) is 4.39 Å². The normalized spacial score (nSPS) is 10.5. The lowest BCUT2D eigenvalue weighted by atomic mass is 10.1. The quantitative estimate of drug-likeness (QED) is 0.755. The molecule has 1 amide bonds. The number of aryl methyl sites for hydroxylation is 1. The van der Waals surface area contributed by atoms with Gasteiger partial charge in [-0.05, 0) is 35.4 Å². The molecular formula is C18H15FN2O3. The van der Waals surface area contributed by atoms with Gasteiger partial charge in [-0.1, -0.05) is 24.3 Å². The number of nitrogens with one attached hydrogen (secondary N) is 2. The predicted octanol–water partition coefficient (Wildman–Crippen LogP) is 3.35. The Kier molecular flexibility index (Phi) is 4.56. The van der Waals surface area contributed by atoms with Crippen molar-refractivity contribution in [3.8, 4) is 11.1 Å². The maximum absolute atomic E-state index is 13.2. The molecule has 0 radical (unpaired) electrons. The van der Waals surface area contributed by atoms with Gasteiger partial charge in [0.2, 0.25) is 5.91 Å². The zero-order chi connectivity index (χ0) is 16.9. The van der Waals surface area contributed by atoms with Gasteiger partial charge >= 0.3 is 0 Å². The predicted molar refractivity (Wildman–Crippen MR) is 88.1 cm³/mol. The lowest BCUT2D eigenvalue weighted by Crippen LogP contribution is -2.12. The topological polar surface area (TPSA) is 75.1 Å². The molecule has 0 saturated heterocycles. The van der Waals surface area contributed by atoms with Crippen LogP contribution in [0, 0.1) is 5.82 Å². The van der Waals surface area contributed by atoms with E-state index < -0.39 is 0 Å². The third-order valence-corrected chi connectivity index (χ3v) is 3.50. The maximum Gasteiger partial charge on any atom is 0.280 e. The number of anilines is 1. The van der Waals surface area contributed by atoms with E-state index in [1.165, 1.54) is 18.2 Å². The first-order chi connectivity index (χ1) is 11.6. The smallest absolute Gasteiger partial charge is 0.280 e. The highest BCUT2D eigenvalue weighted by Crippen LogP contribution is 2.22. The highest BCUT2D eigenvalue weighted by Gasteiger charge is 2.07. The number of carbonyl (C=O) groups excluding carboxylic acids is 1. The Labute approximate surface area is 137 Å². The number of rotatable bonds is 5. The fraction of sp³-hybridized carbons (Fsp3) is 0.111. The van der Waals surface area contributed by atoms with Crippen LogP contribution in [0.4, 0.5) is 10.1 Å². The van der Waals surface area contributed by atoms with Crippen molar-refractivity contribution in [2.45, 2.75) is 12.8 Å². The Morgan fingerprint density at radius 3 is 2.54 bits per heavy atom. The summed E-state index contributed by atoms with van der Waals surface area (Å²) in [6.45, 7) is 0. The summed E-state index contributed by atoms with van der Waals surface area (Å²) >= 11 is 0. The Bertz CT molecular complexity index is 897. The van der Waals surface area contributed by atoms with Crippen LogP contribution in [0.1, 0.15) is 12.2 Å². The van der Waals surface area contributed by atoms with Gasteiger partial charge < -0.3 is 9.84 Å². The van der Waals surface area contributed by atoms with Crippen molar-refractivity contribution in [1.82, 2.24) is 5.16 Å². The van der Waals surface area contributed by atoms with E-state index in [4.69, 9.17) is 4.52 Å². The van der Waals surface area contributed by atoms with Gasteiger partial charge in [-0.3, -0.25) is 9.59 Å². The van der Waals surface area contributed by atoms with Crippen LogP contribution in [-0.2, 0) is 11.2 Å². The average Bonchev–Trinajstić information content (AvgIpc) is 2.99. The van der Waals surface area contributed by atoms with Gasteiger partial charge in [0.25, 0.3) is 5.56 Å². The number of halogens is 1. The van der Waals surface area contributed by atoms with E-state index in [9.17, 15) is 14.0 Å². The van der Waals surface area contributed by atoms with Gasteiger partial charge in [0.05, 0.1) is 0 Å². The zero-order valence-electron chi connectivity index (χ0n) is 12.7. The van der Waals surface area contributed by atoms with E-state index in [0.717, 1.165) is 11.1 Å². The van der Waals surface area contributed by atoms with Crippen LogP contribution in [0.3, 0.4) is 0 Å². The van der Waals surface area contributed by atoms with Crippen molar-refractivity contribution in [2.24, 2.45) is 0 Å². The largest absolute Gasteiger partial charge is 0.384 e. The molecule has 0 saturated carbocycles. The highest BCUT2D eigenvalue weighted by atomic mass is 19.1. The minimum Gasteiger partial charge on any atom is -0.384 e. The van der Waals surface area contributed by atoms with Crippen molar-refractivity contribution in [3.05, 3.63) is 76.5 Å². The highest BCUT2D eigenvalue weighted by molar-refractivity contribution is 5.91. The first-order valence-electron chi connectivity index (χ1n) is 7.43. The van der Waals surface area contributed by atoms with Crippen LogP contribution in [0.15, 0.2) is 63.9 Å². The summed E-state index contributed by atoms with van der Waals surface area (Å²) in [5.41, 5.74) is 1.96. The molecule has 0 aliphatic heterocycles. The number of hydrogen-bond donors (Lipinski definition) is 2. The number of aromatic amines is 1. The molecule has 122 valence electrons. The summed E-state index contributed by atoms with van der Waals surface area (Å²) < 4.78 is 18.1. The molecule has 1 aromatic heterocycles. The van der Waals surface area contributed by atoms with E-state index in [-0.39, 0.29) is 23.7 Å². The maximum atomic E-state index is 13.2. The van der Waals surface area contributed by atoms with Gasteiger partial charge in [-0.15, -0.1) is 0 Å². The molecule has 6 heteroatoms. The first-order valence-corrected chi connectivity index (χ1v) is 7.43. The Balaban J connectivity index is 1.59. The molecule has 24 heavy (non-hydrogen) atoms. The summed E-state index contributed by atoms with van der Waals surface area (Å²) in [4.78, 5) is 22.8. The number of carbonyl (C=O) groups is 1. The van der Waals surface area contributed by atoms with Crippen molar-refractivity contribution in [2.75, 3.05) is 5.32 Å². The minimum absolute atomic E-state index is 0.183. The van der Waals surface area contributed by atoms with Gasteiger partial charge in [0.1, 0.15) is 11.6 Å². The zero-order valence-corrected chi connectivity index (χ0v) is 12.7. The van der Waals surface area contributed by atoms with Crippen LogP contribution in [-0.4, -0.2) is 11.1 Å². The summed E-state index contributed by atoms with van der Waals surface area (Å²) in [5.74, 6) is -0.0322. The average molecular weight is 326 g/mol. The van der Waals surface area contributed by atoms with Crippen molar-refractivity contribution in [3.63, 3.8) is 0 Å². The molecule has 0 aliphatic rings. The number of hydrogen-bond acceptors (Lipinski definition) is 3. The Hall–Kier alpha value is -3.15. The van der Waals surface area contributed by atoms with Gasteiger partial charge in [0.15, 0.2) is 0 Å². The van der Waals surface area contributed by atoms with Crippen LogP contribution in [0.2, 0.25) is 0 Å². The Morgan fingerprint density at radius 2 is 1.88 bits per heavy atom. The minimum atomic E-state index is -0.321. The van der Waals surface area contributed by atoms with E-state index in [0.29, 0.717) is 17.9 Å². The fourth-order valence-electron chi connectivity index (χ4n) is 2.32. The second kappa shape index (κ2) is 6.95. The number of H-pyrrole nitrogens is 1. The van der Waals surface area contributed by atoms with Crippen molar-refractivity contribution in [1.29, 1.82) is 0 Å². The molecule has 0 spiro atoms. The third kappa shape index (κ3) is 3.98. The van der Waals surface area contributed by atoms with Gasteiger partial charge in [-0.2, -0.15) is 5.16 Å². The van der Waals surface area contributed by atoms with E-state index >= 15 is 0 Å². The molecular weight excluding hydrogens is 311 g/mol. The second-order valence-electron chi connectivity index (χ2n) is 5.31. The van der Waals surface area contributed by atoms with Crippen molar-refractivity contribution >= 4 is 11.6 Å². The SMILES string of the molecule is O=C(CCc1cc(=O)[nH]o1)Nc1ccc(-c2cccc(F)c2)cc1. The summed E-state index contributed by atoms with van der Waals surface area (Å²) in [7, 11) is 0. The van der Waals surface area contributed by atoms with Crippen molar-refractivity contribution < 1.29 is 13.7 Å². The number of amides is 1.